The standard InChI is InChI=1S/C13H13N3O4/c1-2-6-15-7-5-14-12(15)10-4-3-9(13(17)18)8-11(10)16(19)20/h3-5,7-8H,2,6H2,1H3,(H,17,18). The molecule has 0 fully saturated rings. The fourth-order valence-electron chi connectivity index (χ4n) is 1.98. The van der Waals surface area contributed by atoms with Gasteiger partial charge in [-0.3, -0.25) is 10.1 Å². The van der Waals surface area contributed by atoms with Gasteiger partial charge < -0.3 is 9.67 Å². The predicted octanol–water partition coefficient (Wildman–Crippen LogP) is 2.57. The number of aryl methyl sites for hydroxylation is 1. The van der Waals surface area contributed by atoms with Gasteiger partial charge in [0, 0.05) is 25.0 Å². The largest absolute Gasteiger partial charge is 0.478 e. The summed E-state index contributed by atoms with van der Waals surface area (Å²) in [6.45, 7) is 2.68. The molecule has 0 saturated carbocycles. The Morgan fingerprint density at radius 2 is 2.25 bits per heavy atom. The van der Waals surface area contributed by atoms with Crippen LogP contribution in [0, 0.1) is 10.1 Å². The van der Waals surface area contributed by atoms with Gasteiger partial charge in [-0.1, -0.05) is 6.92 Å². The van der Waals surface area contributed by atoms with Crippen molar-refractivity contribution >= 4 is 11.7 Å². The Kier molecular flexibility index (Phi) is 3.79. The van der Waals surface area contributed by atoms with E-state index in [9.17, 15) is 14.9 Å². The van der Waals surface area contributed by atoms with Crippen LogP contribution in [0.3, 0.4) is 0 Å². The van der Waals surface area contributed by atoms with Gasteiger partial charge in [0.1, 0.15) is 5.82 Å². The van der Waals surface area contributed by atoms with E-state index in [1.807, 2.05) is 11.5 Å². The number of hydrogen-bond donors (Lipinski definition) is 1. The molecule has 0 aliphatic carbocycles. The number of nitro benzene ring substituents is 1. The van der Waals surface area contributed by atoms with Gasteiger partial charge in [0.05, 0.1) is 16.1 Å². The summed E-state index contributed by atoms with van der Waals surface area (Å²) in [5.41, 5.74) is -0.0547. The lowest BCUT2D eigenvalue weighted by Gasteiger charge is -2.07. The number of carbonyl (C=O) groups is 1. The number of rotatable bonds is 5. The molecule has 2 rings (SSSR count). The van der Waals surface area contributed by atoms with Crippen molar-refractivity contribution in [3.05, 3.63) is 46.3 Å². The van der Waals surface area contributed by atoms with Gasteiger partial charge in [-0.2, -0.15) is 0 Å². The van der Waals surface area contributed by atoms with E-state index in [2.05, 4.69) is 4.98 Å². The van der Waals surface area contributed by atoms with Crippen molar-refractivity contribution in [2.75, 3.05) is 0 Å². The maximum atomic E-state index is 11.1. The third-order valence-electron chi connectivity index (χ3n) is 2.86. The number of aromatic carboxylic acids is 1. The molecule has 1 heterocycles. The minimum Gasteiger partial charge on any atom is -0.478 e. The van der Waals surface area contributed by atoms with E-state index in [1.165, 1.54) is 12.1 Å². The molecule has 1 aromatic carbocycles. The van der Waals surface area contributed by atoms with Crippen molar-refractivity contribution in [3.63, 3.8) is 0 Å². The highest BCUT2D eigenvalue weighted by molar-refractivity contribution is 5.90. The average molecular weight is 275 g/mol. The molecule has 7 nitrogen and oxygen atoms in total. The molecular formula is C13H13N3O4. The van der Waals surface area contributed by atoms with E-state index in [1.54, 1.807) is 12.4 Å². The minimum atomic E-state index is -1.20. The monoisotopic (exact) mass is 275 g/mol. The number of hydrogen-bond acceptors (Lipinski definition) is 4. The number of nitrogens with zero attached hydrogens (tertiary/aromatic N) is 3. The summed E-state index contributed by atoms with van der Waals surface area (Å²) in [4.78, 5) is 25.6. The first kappa shape index (κ1) is 13.7. The van der Waals surface area contributed by atoms with Crippen LogP contribution in [0.15, 0.2) is 30.6 Å². The van der Waals surface area contributed by atoms with Crippen LogP contribution in [0.1, 0.15) is 23.7 Å². The molecule has 0 bridgehead atoms. The van der Waals surface area contributed by atoms with E-state index in [4.69, 9.17) is 5.11 Å². The number of carboxylic acids is 1. The first-order valence-electron chi connectivity index (χ1n) is 6.07. The molecule has 104 valence electrons. The number of carboxylic acid groups (broad SMARTS) is 1. The summed E-state index contributed by atoms with van der Waals surface area (Å²) in [7, 11) is 0. The summed E-state index contributed by atoms with van der Waals surface area (Å²) in [5.74, 6) is -0.730. The lowest BCUT2D eigenvalue weighted by Crippen LogP contribution is -2.03. The smallest absolute Gasteiger partial charge is 0.335 e. The van der Waals surface area contributed by atoms with Crippen molar-refractivity contribution in [3.8, 4) is 11.4 Å². The van der Waals surface area contributed by atoms with E-state index in [0.717, 1.165) is 12.5 Å². The Hall–Kier alpha value is -2.70. The fraction of sp³-hybridized carbons (Fsp3) is 0.231. The highest BCUT2D eigenvalue weighted by Crippen LogP contribution is 2.29. The Balaban J connectivity index is 2.58. The van der Waals surface area contributed by atoms with Gasteiger partial charge >= 0.3 is 5.97 Å². The summed E-state index contributed by atoms with van der Waals surface area (Å²) in [6.07, 6.45) is 4.18. The zero-order valence-corrected chi connectivity index (χ0v) is 10.8. The fourth-order valence-corrected chi connectivity index (χ4v) is 1.98. The Morgan fingerprint density at radius 3 is 2.85 bits per heavy atom. The van der Waals surface area contributed by atoms with Crippen LogP contribution in [-0.4, -0.2) is 25.6 Å². The van der Waals surface area contributed by atoms with Gasteiger partial charge in [-0.25, -0.2) is 9.78 Å². The maximum absolute atomic E-state index is 11.1. The average Bonchev–Trinajstić information content (AvgIpc) is 2.86. The quantitative estimate of drug-likeness (QED) is 0.667. The van der Waals surface area contributed by atoms with Crippen molar-refractivity contribution in [1.82, 2.24) is 9.55 Å². The molecule has 1 N–H and O–H groups in total. The Labute approximate surface area is 114 Å². The summed E-state index contributed by atoms with van der Waals surface area (Å²) >= 11 is 0. The van der Waals surface area contributed by atoms with E-state index >= 15 is 0 Å². The molecule has 0 unspecified atom stereocenters. The zero-order valence-electron chi connectivity index (χ0n) is 10.8. The van der Waals surface area contributed by atoms with Crippen molar-refractivity contribution in [1.29, 1.82) is 0 Å². The van der Waals surface area contributed by atoms with Crippen LogP contribution in [0.25, 0.3) is 11.4 Å². The number of aromatic nitrogens is 2. The molecule has 7 heteroatoms. The minimum absolute atomic E-state index is 0.117. The van der Waals surface area contributed by atoms with E-state index in [-0.39, 0.29) is 11.3 Å². The van der Waals surface area contributed by atoms with E-state index in [0.29, 0.717) is 17.9 Å². The summed E-state index contributed by atoms with van der Waals surface area (Å²) < 4.78 is 1.81. The second-order valence-corrected chi connectivity index (χ2v) is 4.24. The zero-order chi connectivity index (χ0) is 14.7. The molecule has 2 aromatic rings. The molecular weight excluding hydrogens is 262 g/mol. The number of nitro groups is 1. The third kappa shape index (κ3) is 2.51. The highest BCUT2D eigenvalue weighted by atomic mass is 16.6. The molecule has 0 aliphatic rings. The van der Waals surface area contributed by atoms with Gasteiger partial charge in [-0.05, 0) is 18.6 Å². The third-order valence-corrected chi connectivity index (χ3v) is 2.86. The summed E-state index contributed by atoms with van der Waals surface area (Å²) in [5, 5.41) is 20.0. The van der Waals surface area contributed by atoms with Gasteiger partial charge in [0.25, 0.3) is 5.69 Å². The van der Waals surface area contributed by atoms with Crippen LogP contribution in [0.2, 0.25) is 0 Å². The normalized spacial score (nSPS) is 10.4. The first-order valence-corrected chi connectivity index (χ1v) is 6.07. The number of benzene rings is 1. The lowest BCUT2D eigenvalue weighted by molar-refractivity contribution is -0.384. The lowest BCUT2D eigenvalue weighted by atomic mass is 10.1. The molecule has 0 spiro atoms. The Morgan fingerprint density at radius 1 is 1.50 bits per heavy atom. The molecule has 0 amide bonds. The van der Waals surface area contributed by atoms with Crippen molar-refractivity contribution < 1.29 is 14.8 Å². The van der Waals surface area contributed by atoms with Crippen molar-refractivity contribution in [2.45, 2.75) is 19.9 Å². The second kappa shape index (κ2) is 5.52. The topological polar surface area (TPSA) is 98.3 Å². The molecule has 0 atom stereocenters. The molecule has 0 saturated heterocycles. The summed E-state index contributed by atoms with van der Waals surface area (Å²) in [6, 6.07) is 3.83. The molecule has 1 aromatic heterocycles. The van der Waals surface area contributed by atoms with Crippen LogP contribution in [0.4, 0.5) is 5.69 Å². The molecule has 0 aliphatic heterocycles. The highest BCUT2D eigenvalue weighted by Gasteiger charge is 2.21. The van der Waals surface area contributed by atoms with Crippen LogP contribution in [0.5, 0.6) is 0 Å². The SMILES string of the molecule is CCCn1ccnc1-c1ccc(C(=O)O)cc1[N+](=O)[O-]. The van der Waals surface area contributed by atoms with Gasteiger partial charge in [0.2, 0.25) is 0 Å². The molecule has 20 heavy (non-hydrogen) atoms. The van der Waals surface area contributed by atoms with Crippen molar-refractivity contribution in [2.24, 2.45) is 0 Å². The maximum Gasteiger partial charge on any atom is 0.335 e. The van der Waals surface area contributed by atoms with Gasteiger partial charge in [-0.15, -0.1) is 0 Å². The first-order chi connectivity index (χ1) is 9.54. The number of imidazole rings is 1. The second-order valence-electron chi connectivity index (χ2n) is 4.24. The van der Waals surface area contributed by atoms with Crippen LogP contribution < -0.4 is 0 Å². The molecule has 0 radical (unpaired) electrons. The predicted molar refractivity (Wildman–Crippen MR) is 71.6 cm³/mol. The van der Waals surface area contributed by atoms with Crippen LogP contribution >= 0.6 is 0 Å². The Bertz CT molecular complexity index is 663. The van der Waals surface area contributed by atoms with Crippen LogP contribution in [-0.2, 0) is 6.54 Å². The van der Waals surface area contributed by atoms with Gasteiger partial charge in [0.15, 0.2) is 0 Å². The van der Waals surface area contributed by atoms with E-state index < -0.39 is 10.9 Å².